The van der Waals surface area contributed by atoms with Gasteiger partial charge in [0.15, 0.2) is 6.29 Å². The number of aliphatic hydroxyl groups excluding tert-OH is 4. The number of alkyl halides is 3. The second kappa shape index (κ2) is 8.22. The van der Waals surface area contributed by atoms with E-state index >= 15 is 0 Å². The van der Waals surface area contributed by atoms with Crippen LogP contribution < -0.4 is 10.9 Å². The first kappa shape index (κ1) is 22.3. The number of H-pyrrole nitrogens is 1. The summed E-state index contributed by atoms with van der Waals surface area (Å²) in [6, 6.07) is 4.92. The molecule has 3 aromatic rings. The fourth-order valence-electron chi connectivity index (χ4n) is 3.76. The van der Waals surface area contributed by atoms with Gasteiger partial charge in [-0.15, -0.1) is 0 Å². The minimum Gasteiger partial charge on any atom is -0.422 e. The van der Waals surface area contributed by atoms with Crippen molar-refractivity contribution in [3.63, 3.8) is 0 Å². The molecule has 5 atom stereocenters. The van der Waals surface area contributed by atoms with Gasteiger partial charge in [0.1, 0.15) is 29.9 Å². The molecular formula is C20H19F3N2O7. The Morgan fingerprint density at radius 3 is 2.50 bits per heavy atom. The van der Waals surface area contributed by atoms with Gasteiger partial charge in [0, 0.05) is 23.3 Å². The van der Waals surface area contributed by atoms with Crippen molar-refractivity contribution >= 4 is 16.7 Å². The summed E-state index contributed by atoms with van der Waals surface area (Å²) in [5.74, 6) is 0. The van der Waals surface area contributed by atoms with Gasteiger partial charge in [0.25, 0.3) is 0 Å². The molecule has 0 spiro atoms. The molecule has 1 saturated heterocycles. The van der Waals surface area contributed by atoms with E-state index in [1.165, 1.54) is 24.4 Å². The zero-order valence-corrected chi connectivity index (χ0v) is 16.2. The molecule has 3 unspecified atom stereocenters. The second-order valence-electron chi connectivity index (χ2n) is 7.33. The van der Waals surface area contributed by atoms with Crippen LogP contribution in [0.5, 0.6) is 0 Å². The van der Waals surface area contributed by atoms with Crippen LogP contribution in [0.25, 0.3) is 22.2 Å². The van der Waals surface area contributed by atoms with Crippen molar-refractivity contribution < 1.29 is 42.8 Å². The molecule has 0 aliphatic carbocycles. The Bertz CT molecular complexity index is 1160. The van der Waals surface area contributed by atoms with Gasteiger partial charge >= 0.3 is 11.8 Å². The highest BCUT2D eigenvalue weighted by atomic mass is 19.4. The number of halogens is 3. The lowest BCUT2D eigenvalue weighted by Crippen LogP contribution is -2.61. The Balaban J connectivity index is 1.76. The molecule has 4 rings (SSSR count). The van der Waals surface area contributed by atoms with Crippen LogP contribution in [0.15, 0.2) is 45.7 Å². The molecule has 6 N–H and O–H groups in total. The summed E-state index contributed by atoms with van der Waals surface area (Å²) in [6.45, 7) is -0.646. The van der Waals surface area contributed by atoms with Crippen LogP contribution in [0.4, 0.5) is 18.9 Å². The molecular weight excluding hydrogens is 437 g/mol. The maximum absolute atomic E-state index is 13.9. The minimum absolute atomic E-state index is 0.0480. The van der Waals surface area contributed by atoms with Gasteiger partial charge in [-0.1, -0.05) is 0 Å². The predicted octanol–water partition coefficient (Wildman–Crippen LogP) is 1.02. The van der Waals surface area contributed by atoms with E-state index in [-0.39, 0.29) is 22.4 Å². The molecule has 32 heavy (non-hydrogen) atoms. The van der Waals surface area contributed by atoms with Crippen LogP contribution in [0.3, 0.4) is 0 Å². The Morgan fingerprint density at radius 2 is 1.88 bits per heavy atom. The normalized spacial score (nSPS) is 26.4. The van der Waals surface area contributed by atoms with E-state index in [2.05, 4.69) is 10.3 Å². The Hall–Kier alpha value is -2.90. The summed E-state index contributed by atoms with van der Waals surface area (Å²) < 4.78 is 51.9. The third-order valence-corrected chi connectivity index (χ3v) is 5.29. The van der Waals surface area contributed by atoms with Crippen LogP contribution in [0.2, 0.25) is 0 Å². The molecule has 172 valence electrons. The molecule has 0 bridgehead atoms. The number of aromatic amines is 1. The molecule has 9 nitrogen and oxygen atoms in total. The summed E-state index contributed by atoms with van der Waals surface area (Å²) in [7, 11) is 0. The first-order valence-corrected chi connectivity index (χ1v) is 9.50. The number of hydrogen-bond acceptors (Lipinski definition) is 8. The number of ether oxygens (including phenoxy) is 1. The van der Waals surface area contributed by atoms with E-state index in [4.69, 9.17) is 14.3 Å². The van der Waals surface area contributed by atoms with E-state index in [1.807, 2.05) is 0 Å². The van der Waals surface area contributed by atoms with Gasteiger partial charge in [-0.2, -0.15) is 13.2 Å². The number of benzene rings is 1. The number of rotatable bonds is 4. The summed E-state index contributed by atoms with van der Waals surface area (Å²) >= 11 is 0. The molecule has 0 radical (unpaired) electrons. The smallest absolute Gasteiger partial charge is 0.418 e. The highest BCUT2D eigenvalue weighted by molar-refractivity contribution is 5.89. The first-order chi connectivity index (χ1) is 15.1. The molecule has 12 heteroatoms. The Kier molecular flexibility index (Phi) is 5.73. The summed E-state index contributed by atoms with van der Waals surface area (Å²) in [4.78, 5) is 15.0. The average molecular weight is 456 g/mol. The lowest BCUT2D eigenvalue weighted by atomic mass is 9.96. The average Bonchev–Trinajstić information content (AvgIpc) is 3.26. The van der Waals surface area contributed by atoms with Crippen LogP contribution in [0, 0.1) is 0 Å². The standard InChI is InChI=1S/C20H19F3N2O7/c21-20(22,23)14-9-4-3-8(25-15-17(28)16(27)12(7-26)32-19(15)30)6-11(9)31-18(29)13(14)10-2-1-5-24-10/h1-6,12,15-17,19,24-28,30H,7H2/t12?,15?,16-,17-,19?/m0/s1. The topological polar surface area (TPSA) is 148 Å². The van der Waals surface area contributed by atoms with E-state index in [1.54, 1.807) is 0 Å². The van der Waals surface area contributed by atoms with E-state index in [0.717, 1.165) is 12.1 Å². The van der Waals surface area contributed by atoms with Gasteiger partial charge in [-0.3, -0.25) is 0 Å². The fourth-order valence-corrected chi connectivity index (χ4v) is 3.76. The maximum atomic E-state index is 13.9. The van der Waals surface area contributed by atoms with Crippen LogP contribution in [0.1, 0.15) is 5.56 Å². The minimum atomic E-state index is -4.86. The fraction of sp³-hybridized carbons (Fsp3) is 0.350. The first-order valence-electron chi connectivity index (χ1n) is 9.50. The van der Waals surface area contributed by atoms with E-state index in [9.17, 15) is 33.3 Å². The Morgan fingerprint density at radius 1 is 1.12 bits per heavy atom. The van der Waals surface area contributed by atoms with Crippen LogP contribution in [-0.4, -0.2) is 62.7 Å². The molecule has 0 saturated carbocycles. The van der Waals surface area contributed by atoms with Crippen LogP contribution >= 0.6 is 0 Å². The largest absolute Gasteiger partial charge is 0.422 e. The summed E-state index contributed by atoms with van der Waals surface area (Å²) in [5.41, 5.74) is -3.36. The number of aliphatic hydroxyl groups is 4. The highest BCUT2D eigenvalue weighted by Crippen LogP contribution is 2.40. The number of nitrogens with one attached hydrogen (secondary N) is 2. The van der Waals surface area contributed by atoms with Crippen molar-refractivity contribution in [1.82, 2.24) is 4.98 Å². The SMILES string of the molecule is O=c1oc2cc(NC3C(O)OC(CO)[C@H](O)[C@H]3O)ccc2c(C(F)(F)F)c1-c1ccc[nH]1. The number of hydrogen-bond donors (Lipinski definition) is 6. The van der Waals surface area contributed by atoms with Gasteiger partial charge in [-0.25, -0.2) is 4.79 Å². The number of fused-ring (bicyclic) bond motifs is 1. The molecule has 0 amide bonds. The molecule has 1 fully saturated rings. The Labute approximate surface area is 177 Å². The molecule has 1 aliphatic rings. The summed E-state index contributed by atoms with van der Waals surface area (Å²) in [6.07, 6.45) is -9.44. The van der Waals surface area contributed by atoms with Crippen molar-refractivity contribution in [2.75, 3.05) is 11.9 Å². The quantitative estimate of drug-likeness (QED) is 0.319. The van der Waals surface area contributed by atoms with Gasteiger partial charge in [0.05, 0.1) is 23.4 Å². The lowest BCUT2D eigenvalue weighted by molar-refractivity contribution is -0.245. The maximum Gasteiger partial charge on any atom is 0.418 e. The van der Waals surface area contributed by atoms with Crippen molar-refractivity contribution in [3.8, 4) is 11.3 Å². The van der Waals surface area contributed by atoms with Crippen molar-refractivity contribution in [2.24, 2.45) is 0 Å². The van der Waals surface area contributed by atoms with Crippen LogP contribution in [-0.2, 0) is 10.9 Å². The van der Waals surface area contributed by atoms with Crippen molar-refractivity contribution in [2.45, 2.75) is 36.8 Å². The van der Waals surface area contributed by atoms with Crippen molar-refractivity contribution in [3.05, 3.63) is 52.5 Å². The lowest BCUT2D eigenvalue weighted by Gasteiger charge is -2.40. The summed E-state index contributed by atoms with van der Waals surface area (Å²) in [5, 5.41) is 41.7. The third kappa shape index (κ3) is 3.87. The second-order valence-corrected chi connectivity index (χ2v) is 7.33. The molecule has 3 heterocycles. The van der Waals surface area contributed by atoms with Gasteiger partial charge < -0.3 is 39.9 Å². The van der Waals surface area contributed by atoms with Crippen molar-refractivity contribution in [1.29, 1.82) is 0 Å². The molecule has 1 aliphatic heterocycles. The van der Waals surface area contributed by atoms with E-state index in [0.29, 0.717) is 0 Å². The molecule has 2 aromatic heterocycles. The van der Waals surface area contributed by atoms with E-state index < -0.39 is 60.2 Å². The zero-order chi connectivity index (χ0) is 23.2. The number of aromatic nitrogens is 1. The molecule has 1 aromatic carbocycles. The third-order valence-electron chi connectivity index (χ3n) is 5.29. The monoisotopic (exact) mass is 456 g/mol. The van der Waals surface area contributed by atoms with Gasteiger partial charge in [0.2, 0.25) is 0 Å². The predicted molar refractivity (Wildman–Crippen MR) is 105 cm³/mol. The number of anilines is 1. The van der Waals surface area contributed by atoms with Gasteiger partial charge in [-0.05, 0) is 24.3 Å². The zero-order valence-electron chi connectivity index (χ0n) is 16.2. The highest BCUT2D eigenvalue weighted by Gasteiger charge is 2.44.